The van der Waals surface area contributed by atoms with Crippen molar-refractivity contribution in [3.63, 3.8) is 0 Å². The quantitative estimate of drug-likeness (QED) is 0.0200. The number of pyridine rings is 2. The van der Waals surface area contributed by atoms with Crippen LogP contribution in [0.2, 0.25) is 0 Å². The zero-order valence-electron chi connectivity index (χ0n) is 53.1. The van der Waals surface area contributed by atoms with Crippen molar-refractivity contribution >= 4 is 46.0 Å². The fourth-order valence-electron chi connectivity index (χ4n) is 10.9. The topological polar surface area (TPSA) is 341 Å². The molecule has 16 N–H and O–H groups in total. The number of nitrogens with zero attached hydrogens (tertiary/aromatic N) is 2. The third-order valence-electron chi connectivity index (χ3n) is 16.3. The van der Waals surface area contributed by atoms with Crippen molar-refractivity contribution in [2.24, 2.45) is 34.4 Å². The highest BCUT2D eigenvalue weighted by molar-refractivity contribution is 5.94. The van der Waals surface area contributed by atoms with Crippen LogP contribution < -0.4 is 50.4 Å². The molecular formula is C73H94FN11O7. The van der Waals surface area contributed by atoms with E-state index in [1.54, 1.807) is 13.1 Å². The second kappa shape index (κ2) is 39.1. The number of benzene rings is 5. The van der Waals surface area contributed by atoms with Gasteiger partial charge in [0.05, 0.1) is 41.8 Å². The number of rotatable bonds is 33. The molecular weight excluding hydrogens is 1160 g/mol. The number of nitrogens with one attached hydrogen (secondary N) is 3. The summed E-state index contributed by atoms with van der Waals surface area (Å²) in [5, 5.41) is 19.7. The Morgan fingerprint density at radius 1 is 0.489 bits per heavy atom. The molecule has 0 aliphatic heterocycles. The van der Waals surface area contributed by atoms with Crippen molar-refractivity contribution in [3.05, 3.63) is 208 Å². The molecule has 2 heterocycles. The third-order valence-corrected chi connectivity index (χ3v) is 16.3. The van der Waals surface area contributed by atoms with Gasteiger partial charge in [-0.25, -0.2) is 4.39 Å². The van der Waals surface area contributed by atoms with Gasteiger partial charge in [-0.15, -0.1) is 0 Å². The van der Waals surface area contributed by atoms with E-state index in [4.69, 9.17) is 34.4 Å². The van der Waals surface area contributed by atoms with Crippen molar-refractivity contribution in [3.8, 4) is 5.75 Å². The predicted molar refractivity (Wildman–Crippen MR) is 360 cm³/mol. The van der Waals surface area contributed by atoms with E-state index in [9.17, 15) is 38.3 Å². The maximum absolute atomic E-state index is 13.7. The minimum Gasteiger partial charge on any atom is -0.507 e. The molecule has 18 nitrogen and oxygen atoms in total. The summed E-state index contributed by atoms with van der Waals surface area (Å²) >= 11 is 0. The lowest BCUT2D eigenvalue weighted by atomic mass is 9.93. The van der Waals surface area contributed by atoms with Gasteiger partial charge in [-0.05, 0) is 193 Å². The molecule has 7 aromatic rings. The van der Waals surface area contributed by atoms with Crippen molar-refractivity contribution < 1.29 is 38.3 Å². The summed E-state index contributed by atoms with van der Waals surface area (Å²) in [5.74, 6) is -2.03. The molecule has 490 valence electrons. The van der Waals surface area contributed by atoms with Crippen LogP contribution in [0.25, 0.3) is 10.9 Å². The van der Waals surface area contributed by atoms with E-state index >= 15 is 0 Å². The fourth-order valence-corrected chi connectivity index (χ4v) is 10.9. The van der Waals surface area contributed by atoms with Crippen LogP contribution in [0.1, 0.15) is 121 Å². The lowest BCUT2D eigenvalue weighted by Gasteiger charge is -2.21. The van der Waals surface area contributed by atoms with E-state index in [1.165, 1.54) is 24.5 Å². The van der Waals surface area contributed by atoms with Gasteiger partial charge >= 0.3 is 0 Å². The van der Waals surface area contributed by atoms with Crippen LogP contribution in [0.4, 0.5) is 4.39 Å². The molecule has 92 heavy (non-hydrogen) atoms. The summed E-state index contributed by atoms with van der Waals surface area (Å²) in [4.78, 5) is 85.9. The normalized spacial score (nSPS) is 13.7. The molecule has 0 spiro atoms. The number of phenolic OH excluding ortho intramolecular Hbond substituents is 1. The minimum absolute atomic E-state index is 0.00661. The fraction of sp³-hybridized carbons (Fsp3) is 0.397. The Morgan fingerprint density at radius 2 is 0.891 bits per heavy atom. The van der Waals surface area contributed by atoms with Crippen LogP contribution in [-0.4, -0.2) is 106 Å². The number of aromatic nitrogens is 2. The zero-order valence-corrected chi connectivity index (χ0v) is 53.1. The first-order chi connectivity index (χ1) is 44.4. The van der Waals surface area contributed by atoms with E-state index in [0.29, 0.717) is 102 Å². The zero-order chi connectivity index (χ0) is 66.2. The van der Waals surface area contributed by atoms with Crippen LogP contribution in [0.3, 0.4) is 0 Å². The van der Waals surface area contributed by atoms with Crippen LogP contribution in [0.5, 0.6) is 5.75 Å². The Labute approximate surface area is 540 Å². The Balaban J connectivity index is 0.000000219. The molecule has 0 saturated carbocycles. The molecule has 2 aromatic heterocycles. The van der Waals surface area contributed by atoms with Crippen molar-refractivity contribution in [1.82, 2.24) is 25.9 Å². The molecule has 19 heteroatoms. The molecule has 6 atom stereocenters. The van der Waals surface area contributed by atoms with Gasteiger partial charge in [-0.1, -0.05) is 115 Å². The Hall–Kier alpha value is -8.43. The smallest absolute Gasteiger partial charge is 0.237 e. The predicted octanol–water partition coefficient (Wildman–Crippen LogP) is 6.92. The highest BCUT2D eigenvalue weighted by Gasteiger charge is 2.28. The number of halogens is 1. The number of aryl methyl sites for hydroxylation is 6. The number of fused-ring (bicyclic) bond motifs is 2. The van der Waals surface area contributed by atoms with Gasteiger partial charge in [0.15, 0.2) is 17.3 Å². The summed E-state index contributed by atoms with van der Waals surface area (Å²) in [5.41, 5.74) is 43.3. The van der Waals surface area contributed by atoms with E-state index in [0.717, 1.165) is 63.3 Å². The van der Waals surface area contributed by atoms with Gasteiger partial charge in [0, 0.05) is 48.3 Å². The van der Waals surface area contributed by atoms with Crippen LogP contribution in [-0.2, 0) is 80.1 Å². The number of ketones is 3. The van der Waals surface area contributed by atoms with Gasteiger partial charge < -0.3 is 55.5 Å². The van der Waals surface area contributed by atoms with E-state index < -0.39 is 48.0 Å². The molecule has 8 rings (SSSR count). The summed E-state index contributed by atoms with van der Waals surface area (Å²) in [6.07, 6.45) is 15.0. The van der Waals surface area contributed by atoms with E-state index in [-0.39, 0.29) is 59.7 Å². The molecule has 0 bridgehead atoms. The number of carbonyl (C=O) groups excluding carboxylic acids is 6. The van der Waals surface area contributed by atoms with Gasteiger partial charge in [0.1, 0.15) is 11.6 Å². The number of hydrogen-bond donors (Lipinski definition) is 10. The largest absolute Gasteiger partial charge is 0.507 e. The lowest BCUT2D eigenvalue weighted by Crippen LogP contribution is -2.49. The van der Waals surface area contributed by atoms with Gasteiger partial charge in [0.2, 0.25) is 17.7 Å². The molecule has 0 radical (unpaired) electrons. The second-order valence-electron chi connectivity index (χ2n) is 23.7. The average Bonchev–Trinajstić information content (AvgIpc) is 0.975. The number of nitrogens with two attached hydrogens (primary N) is 6. The molecule has 0 fully saturated rings. The summed E-state index contributed by atoms with van der Waals surface area (Å²) in [7, 11) is 0. The standard InChI is InChI=1S/C25H34N4O2.C25H30N4O2.C23H30FN3O3/c2*26-14-6-10-21(27)25(31)29-23(13-12-18-7-2-1-3-8-18)24(30)16-19-15-20-9-4-5-11-22(20)28-17-19;1-15-12-18(24)13-17(22(15)29)14-21(28)20(10-9-16-6-3-2-4-7-16)27-23(30)19(26)8-5-11-25/h1-3,7-8,15,17,21,23H,4-6,9-14,16,26-27H2,(H,29,31);1-5,7-9,11,15,17,21,23H,6,10,12-14,16,26-27H2,(H,29,31);2-4,6-7,12-13,19-20,29H,5,8-11,14,25-26H2,1H3,(H,27,30)/t2*21-,23+;19-,20+/m000/s1. The summed E-state index contributed by atoms with van der Waals surface area (Å²) in [6.45, 7) is 2.96. The SMILES string of the molecule is Cc1cc(F)cc(CC(=O)[C@@H](CCc2ccccc2)NC(=O)[C@@H](N)CCCN)c1O.NCCC[C@H](N)C(=O)N[C@H](CCc1ccccc1)C(=O)Cc1cnc2c(c1)CCCC2.NCCC[C@H](N)C(=O)N[C@H](CCc1ccccc1)C(=O)Cc1cnc2ccccc2c1. The van der Waals surface area contributed by atoms with Crippen molar-refractivity contribution in [2.75, 3.05) is 19.6 Å². The first-order valence-corrected chi connectivity index (χ1v) is 32.2. The van der Waals surface area contributed by atoms with Crippen LogP contribution in [0.15, 0.2) is 152 Å². The molecule has 5 aromatic carbocycles. The van der Waals surface area contributed by atoms with Crippen molar-refractivity contribution in [1.29, 1.82) is 0 Å². The number of phenols is 1. The second-order valence-corrected chi connectivity index (χ2v) is 23.7. The van der Waals surface area contributed by atoms with E-state index in [1.807, 2.05) is 128 Å². The maximum atomic E-state index is 13.7. The van der Waals surface area contributed by atoms with Crippen LogP contribution >= 0.6 is 0 Å². The first kappa shape index (κ1) is 72.6. The summed E-state index contributed by atoms with van der Waals surface area (Å²) < 4.78 is 13.7. The number of Topliss-reactive ketones (excluding diaryl/α,β-unsaturated/α-hetero) is 3. The Morgan fingerprint density at radius 3 is 1.35 bits per heavy atom. The number of hydrogen-bond acceptors (Lipinski definition) is 15. The highest BCUT2D eigenvalue weighted by atomic mass is 19.1. The number of para-hydroxylation sites is 1. The number of carbonyl (C=O) groups is 6. The Kier molecular flexibility index (Phi) is 30.9. The van der Waals surface area contributed by atoms with Crippen LogP contribution in [0, 0.1) is 12.7 Å². The van der Waals surface area contributed by atoms with Gasteiger partial charge in [-0.3, -0.25) is 38.7 Å². The van der Waals surface area contributed by atoms with Gasteiger partial charge in [-0.2, -0.15) is 0 Å². The lowest BCUT2D eigenvalue weighted by molar-refractivity contribution is -0.128. The maximum Gasteiger partial charge on any atom is 0.237 e. The molecule has 1 aliphatic carbocycles. The average molecular weight is 1260 g/mol. The minimum atomic E-state index is -0.801. The number of aromatic hydroxyl groups is 1. The molecule has 1 aliphatic rings. The highest BCUT2D eigenvalue weighted by Crippen LogP contribution is 2.26. The first-order valence-electron chi connectivity index (χ1n) is 32.2. The molecule has 0 saturated heterocycles. The van der Waals surface area contributed by atoms with E-state index in [2.05, 4.69) is 32.0 Å². The van der Waals surface area contributed by atoms with Gasteiger partial charge in [0.25, 0.3) is 0 Å². The molecule has 0 unspecified atom stereocenters. The number of amides is 3. The Bertz CT molecular complexity index is 3450. The van der Waals surface area contributed by atoms with Crippen molar-refractivity contribution in [2.45, 2.75) is 165 Å². The summed E-state index contributed by atoms with van der Waals surface area (Å²) in [6, 6.07) is 39.7. The molecule has 3 amide bonds. The third kappa shape index (κ3) is 24.6. The monoisotopic (exact) mass is 1260 g/mol.